The van der Waals surface area contributed by atoms with Crippen LogP contribution in [0.5, 0.6) is 0 Å². The normalized spacial score (nSPS) is 11.1. The SMILES string of the molecule is C/N=C/c1cnc(-c2ccccc2Cl)s1. The van der Waals surface area contributed by atoms with Crippen molar-refractivity contribution in [1.29, 1.82) is 0 Å². The summed E-state index contributed by atoms with van der Waals surface area (Å²) in [5.74, 6) is 0. The highest BCUT2D eigenvalue weighted by Gasteiger charge is 2.06. The van der Waals surface area contributed by atoms with E-state index in [2.05, 4.69) is 9.98 Å². The van der Waals surface area contributed by atoms with Crippen molar-refractivity contribution in [3.05, 3.63) is 40.4 Å². The highest BCUT2D eigenvalue weighted by Crippen LogP contribution is 2.30. The first-order valence-electron chi connectivity index (χ1n) is 4.44. The van der Waals surface area contributed by atoms with Gasteiger partial charge >= 0.3 is 0 Å². The molecule has 2 nitrogen and oxygen atoms in total. The monoisotopic (exact) mass is 236 g/mol. The minimum atomic E-state index is 0.729. The molecule has 1 aromatic carbocycles. The van der Waals surface area contributed by atoms with E-state index >= 15 is 0 Å². The van der Waals surface area contributed by atoms with Gasteiger partial charge in [0.15, 0.2) is 0 Å². The number of thiazole rings is 1. The summed E-state index contributed by atoms with van der Waals surface area (Å²) in [5.41, 5.74) is 0.972. The van der Waals surface area contributed by atoms with E-state index in [9.17, 15) is 0 Å². The van der Waals surface area contributed by atoms with Gasteiger partial charge in [0.2, 0.25) is 0 Å². The molecular formula is C11H9ClN2S. The van der Waals surface area contributed by atoms with Crippen molar-refractivity contribution in [3.63, 3.8) is 0 Å². The second-order valence-electron chi connectivity index (χ2n) is 2.93. The maximum absolute atomic E-state index is 6.08. The van der Waals surface area contributed by atoms with Crippen LogP contribution < -0.4 is 0 Å². The van der Waals surface area contributed by atoms with Crippen LogP contribution in [0, 0.1) is 0 Å². The summed E-state index contributed by atoms with van der Waals surface area (Å²) in [5, 5.41) is 1.65. The Labute approximate surface area is 97.3 Å². The minimum Gasteiger partial charge on any atom is -0.295 e. The van der Waals surface area contributed by atoms with Crippen molar-refractivity contribution in [2.24, 2.45) is 4.99 Å². The van der Waals surface area contributed by atoms with Crippen molar-refractivity contribution >= 4 is 29.2 Å². The molecule has 0 radical (unpaired) electrons. The molecule has 15 heavy (non-hydrogen) atoms. The fourth-order valence-electron chi connectivity index (χ4n) is 1.23. The predicted molar refractivity (Wildman–Crippen MR) is 66.1 cm³/mol. The first-order valence-corrected chi connectivity index (χ1v) is 5.63. The van der Waals surface area contributed by atoms with E-state index in [-0.39, 0.29) is 0 Å². The largest absolute Gasteiger partial charge is 0.295 e. The summed E-state index contributed by atoms with van der Waals surface area (Å²) < 4.78 is 0. The molecule has 4 heteroatoms. The molecule has 0 saturated heterocycles. The fraction of sp³-hybridized carbons (Fsp3) is 0.0909. The summed E-state index contributed by atoms with van der Waals surface area (Å²) in [4.78, 5) is 9.29. The van der Waals surface area contributed by atoms with Crippen LogP contribution in [0.1, 0.15) is 4.88 Å². The lowest BCUT2D eigenvalue weighted by molar-refractivity contribution is 1.40. The first kappa shape index (κ1) is 10.3. The second-order valence-corrected chi connectivity index (χ2v) is 4.40. The van der Waals surface area contributed by atoms with Gasteiger partial charge in [-0.2, -0.15) is 0 Å². The molecule has 0 aliphatic carbocycles. The van der Waals surface area contributed by atoms with Crippen LogP contribution in [-0.4, -0.2) is 18.2 Å². The molecule has 0 saturated carbocycles. The lowest BCUT2D eigenvalue weighted by atomic mass is 10.2. The molecule has 0 bridgehead atoms. The number of nitrogens with zero attached hydrogens (tertiary/aromatic N) is 2. The van der Waals surface area contributed by atoms with E-state index in [4.69, 9.17) is 11.6 Å². The van der Waals surface area contributed by atoms with Crippen LogP contribution in [0.2, 0.25) is 5.02 Å². The Morgan fingerprint density at radius 3 is 2.93 bits per heavy atom. The van der Waals surface area contributed by atoms with E-state index in [1.807, 2.05) is 24.3 Å². The molecule has 2 rings (SSSR count). The van der Waals surface area contributed by atoms with E-state index in [1.54, 1.807) is 30.8 Å². The van der Waals surface area contributed by atoms with Gasteiger partial charge in [0.05, 0.1) is 9.90 Å². The molecule has 1 aromatic heterocycles. The molecule has 0 aliphatic heterocycles. The fourth-order valence-corrected chi connectivity index (χ4v) is 2.39. The van der Waals surface area contributed by atoms with Gasteiger partial charge in [0, 0.05) is 25.0 Å². The number of benzene rings is 1. The van der Waals surface area contributed by atoms with E-state index in [0.29, 0.717) is 0 Å². The van der Waals surface area contributed by atoms with Gasteiger partial charge in [-0.05, 0) is 6.07 Å². The number of aliphatic imine (C=N–C) groups is 1. The Hall–Kier alpha value is -1.19. The molecule has 76 valence electrons. The summed E-state index contributed by atoms with van der Waals surface area (Å²) in [6.45, 7) is 0. The van der Waals surface area contributed by atoms with Gasteiger partial charge in [0.1, 0.15) is 5.01 Å². The van der Waals surface area contributed by atoms with Crippen molar-refractivity contribution in [2.45, 2.75) is 0 Å². The Balaban J connectivity index is 2.42. The molecule has 0 fully saturated rings. The molecule has 2 aromatic rings. The van der Waals surface area contributed by atoms with Gasteiger partial charge in [-0.3, -0.25) is 4.99 Å². The van der Waals surface area contributed by atoms with Crippen LogP contribution in [0.25, 0.3) is 10.6 Å². The Morgan fingerprint density at radius 1 is 1.40 bits per heavy atom. The maximum atomic E-state index is 6.08. The van der Waals surface area contributed by atoms with Crippen LogP contribution in [0.15, 0.2) is 35.5 Å². The molecule has 0 unspecified atom stereocenters. The summed E-state index contributed by atoms with van der Waals surface area (Å²) in [7, 11) is 1.74. The highest BCUT2D eigenvalue weighted by molar-refractivity contribution is 7.16. The van der Waals surface area contributed by atoms with E-state index in [0.717, 1.165) is 20.5 Å². The van der Waals surface area contributed by atoms with Gasteiger partial charge in [0.25, 0.3) is 0 Å². The third-order valence-electron chi connectivity index (χ3n) is 1.88. The first-order chi connectivity index (χ1) is 7.31. The average molecular weight is 237 g/mol. The third-order valence-corrected chi connectivity index (χ3v) is 3.18. The second kappa shape index (κ2) is 4.55. The molecule has 0 N–H and O–H groups in total. The molecule has 1 heterocycles. The van der Waals surface area contributed by atoms with Crippen molar-refractivity contribution in [2.75, 3.05) is 7.05 Å². The smallest absolute Gasteiger partial charge is 0.125 e. The molecule has 0 atom stereocenters. The average Bonchev–Trinajstić information content (AvgIpc) is 2.68. The quantitative estimate of drug-likeness (QED) is 0.733. The predicted octanol–water partition coefficient (Wildman–Crippen LogP) is 3.51. The zero-order valence-electron chi connectivity index (χ0n) is 8.14. The van der Waals surface area contributed by atoms with E-state index in [1.165, 1.54) is 0 Å². The number of rotatable bonds is 2. The number of aromatic nitrogens is 1. The summed E-state index contributed by atoms with van der Waals surface area (Å²) in [6, 6.07) is 7.70. The highest BCUT2D eigenvalue weighted by atomic mass is 35.5. The zero-order chi connectivity index (χ0) is 10.7. The Morgan fingerprint density at radius 2 is 2.20 bits per heavy atom. The van der Waals surface area contributed by atoms with Gasteiger partial charge in [-0.25, -0.2) is 4.98 Å². The van der Waals surface area contributed by atoms with Gasteiger partial charge in [-0.15, -0.1) is 11.3 Å². The van der Waals surface area contributed by atoms with Crippen LogP contribution >= 0.6 is 22.9 Å². The standard InChI is InChI=1S/C11H9ClN2S/c1-13-6-8-7-14-11(15-8)9-4-2-3-5-10(9)12/h2-7H,1H3/b13-6+. The maximum Gasteiger partial charge on any atom is 0.125 e. The topological polar surface area (TPSA) is 25.2 Å². The molecule has 0 spiro atoms. The number of hydrogen-bond acceptors (Lipinski definition) is 3. The summed E-state index contributed by atoms with van der Waals surface area (Å²) in [6.07, 6.45) is 3.59. The lowest BCUT2D eigenvalue weighted by Crippen LogP contribution is -1.75. The minimum absolute atomic E-state index is 0.729. The van der Waals surface area contributed by atoms with Gasteiger partial charge < -0.3 is 0 Å². The zero-order valence-corrected chi connectivity index (χ0v) is 9.72. The van der Waals surface area contributed by atoms with Crippen LogP contribution in [-0.2, 0) is 0 Å². The number of halogens is 1. The molecular weight excluding hydrogens is 228 g/mol. The van der Waals surface area contributed by atoms with Gasteiger partial charge in [-0.1, -0.05) is 29.8 Å². The Kier molecular flexibility index (Phi) is 3.14. The third kappa shape index (κ3) is 2.25. The summed E-state index contributed by atoms with van der Waals surface area (Å²) >= 11 is 7.66. The Bertz CT molecular complexity index is 491. The van der Waals surface area contributed by atoms with Crippen molar-refractivity contribution in [1.82, 2.24) is 4.98 Å². The molecule has 0 amide bonds. The van der Waals surface area contributed by atoms with Crippen molar-refractivity contribution < 1.29 is 0 Å². The number of hydrogen-bond donors (Lipinski definition) is 0. The van der Waals surface area contributed by atoms with E-state index < -0.39 is 0 Å². The van der Waals surface area contributed by atoms with Crippen molar-refractivity contribution in [3.8, 4) is 10.6 Å². The van der Waals surface area contributed by atoms with Crippen LogP contribution in [0.3, 0.4) is 0 Å². The van der Waals surface area contributed by atoms with Crippen LogP contribution in [0.4, 0.5) is 0 Å². The lowest BCUT2D eigenvalue weighted by Gasteiger charge is -1.97. The molecule has 0 aliphatic rings.